The van der Waals surface area contributed by atoms with E-state index in [4.69, 9.17) is 5.26 Å². The van der Waals surface area contributed by atoms with Crippen molar-refractivity contribution in [3.05, 3.63) is 29.8 Å². The summed E-state index contributed by atoms with van der Waals surface area (Å²) in [5.74, 6) is 0.129. The first-order chi connectivity index (χ1) is 10.2. The van der Waals surface area contributed by atoms with Crippen LogP contribution >= 0.6 is 0 Å². The predicted molar refractivity (Wildman–Crippen MR) is 83.8 cm³/mol. The number of rotatable bonds is 5. The number of benzene rings is 1. The van der Waals surface area contributed by atoms with E-state index in [1.54, 1.807) is 0 Å². The number of aryl methyl sites for hydroxylation is 1. The van der Waals surface area contributed by atoms with Crippen molar-refractivity contribution in [3.63, 3.8) is 0 Å². The Morgan fingerprint density at radius 3 is 2.86 bits per heavy atom. The highest BCUT2D eigenvalue weighted by molar-refractivity contribution is 5.92. The fourth-order valence-electron chi connectivity index (χ4n) is 2.75. The van der Waals surface area contributed by atoms with Gasteiger partial charge >= 0.3 is 0 Å². The summed E-state index contributed by atoms with van der Waals surface area (Å²) in [6, 6.07) is 10.2. The number of carbonyl (C=O) groups is 1. The minimum Gasteiger partial charge on any atom is -0.326 e. The molecule has 1 aromatic carbocycles. The normalized spacial score (nSPS) is 19.0. The number of carbonyl (C=O) groups excluding carboxylic acids is 1. The van der Waals surface area contributed by atoms with Crippen molar-refractivity contribution in [2.75, 3.05) is 25.0 Å². The van der Waals surface area contributed by atoms with Crippen molar-refractivity contribution in [1.82, 2.24) is 4.90 Å². The Morgan fingerprint density at radius 2 is 2.19 bits per heavy atom. The van der Waals surface area contributed by atoms with Crippen LogP contribution in [0.5, 0.6) is 0 Å². The lowest BCUT2D eigenvalue weighted by atomic mass is 9.97. The maximum Gasteiger partial charge on any atom is 0.228 e. The van der Waals surface area contributed by atoms with Crippen LogP contribution in [0.4, 0.5) is 5.69 Å². The average molecular weight is 285 g/mol. The zero-order valence-electron chi connectivity index (χ0n) is 12.6. The number of nitrogens with one attached hydrogen (secondary N) is 1. The first-order valence-corrected chi connectivity index (χ1v) is 7.72. The van der Waals surface area contributed by atoms with Crippen LogP contribution in [-0.4, -0.2) is 30.4 Å². The molecule has 1 amide bonds. The van der Waals surface area contributed by atoms with Gasteiger partial charge in [0.15, 0.2) is 0 Å². The zero-order valence-corrected chi connectivity index (χ0v) is 12.6. The summed E-state index contributed by atoms with van der Waals surface area (Å²) in [5.41, 5.74) is 2.14. The monoisotopic (exact) mass is 285 g/mol. The Bertz CT molecular complexity index is 504. The van der Waals surface area contributed by atoms with E-state index in [2.05, 4.69) is 35.3 Å². The van der Waals surface area contributed by atoms with Gasteiger partial charge in [-0.1, -0.05) is 19.1 Å². The summed E-state index contributed by atoms with van der Waals surface area (Å²) >= 11 is 0. The third kappa shape index (κ3) is 4.57. The number of piperidine rings is 1. The SMILES string of the molecule is CCc1ccc(NC(=O)C2CCCN(CCC#N)C2)cc1. The molecule has 1 fully saturated rings. The topological polar surface area (TPSA) is 56.1 Å². The molecule has 4 heteroatoms. The van der Waals surface area contributed by atoms with Gasteiger partial charge in [-0.15, -0.1) is 0 Å². The fourth-order valence-corrected chi connectivity index (χ4v) is 2.75. The third-order valence-electron chi connectivity index (χ3n) is 4.05. The van der Waals surface area contributed by atoms with Crippen LogP contribution in [0.2, 0.25) is 0 Å². The fraction of sp³-hybridized carbons (Fsp3) is 0.529. The van der Waals surface area contributed by atoms with Gasteiger partial charge in [0.2, 0.25) is 5.91 Å². The van der Waals surface area contributed by atoms with E-state index in [-0.39, 0.29) is 11.8 Å². The lowest BCUT2D eigenvalue weighted by Gasteiger charge is -2.31. The van der Waals surface area contributed by atoms with E-state index in [0.29, 0.717) is 6.42 Å². The molecular weight excluding hydrogens is 262 g/mol. The molecule has 1 atom stereocenters. The second kappa shape index (κ2) is 7.80. The van der Waals surface area contributed by atoms with Gasteiger partial charge in [-0.25, -0.2) is 0 Å². The van der Waals surface area contributed by atoms with Crippen molar-refractivity contribution in [3.8, 4) is 6.07 Å². The Morgan fingerprint density at radius 1 is 1.43 bits per heavy atom. The van der Waals surface area contributed by atoms with Crippen LogP contribution in [0, 0.1) is 17.2 Å². The number of hydrogen-bond donors (Lipinski definition) is 1. The molecule has 1 aliphatic heterocycles. The molecule has 1 saturated heterocycles. The number of nitriles is 1. The Kier molecular flexibility index (Phi) is 5.77. The molecule has 0 saturated carbocycles. The number of likely N-dealkylation sites (tertiary alicyclic amines) is 1. The second-order valence-corrected chi connectivity index (χ2v) is 5.59. The van der Waals surface area contributed by atoms with Crippen LogP contribution in [0.15, 0.2) is 24.3 Å². The molecule has 21 heavy (non-hydrogen) atoms. The van der Waals surface area contributed by atoms with E-state index >= 15 is 0 Å². The van der Waals surface area contributed by atoms with Gasteiger partial charge < -0.3 is 10.2 Å². The molecule has 0 aliphatic carbocycles. The van der Waals surface area contributed by atoms with Gasteiger partial charge in [0.05, 0.1) is 12.0 Å². The lowest BCUT2D eigenvalue weighted by molar-refractivity contribution is -0.121. The number of nitrogens with zero attached hydrogens (tertiary/aromatic N) is 2. The standard InChI is InChI=1S/C17H23N3O/c1-2-14-6-8-16(9-7-14)19-17(21)15-5-3-11-20(13-15)12-4-10-18/h6-9,15H,2-5,11-13H2,1H3,(H,19,21). The Balaban J connectivity index is 1.88. The summed E-state index contributed by atoms with van der Waals surface area (Å²) in [4.78, 5) is 14.6. The summed E-state index contributed by atoms with van der Waals surface area (Å²) in [5, 5.41) is 11.7. The zero-order chi connectivity index (χ0) is 15.1. The first kappa shape index (κ1) is 15.5. The minimum atomic E-state index is 0.0308. The van der Waals surface area contributed by atoms with Gasteiger partial charge in [-0.3, -0.25) is 4.79 Å². The van der Waals surface area contributed by atoms with Crippen LogP contribution < -0.4 is 5.32 Å². The molecule has 1 aromatic rings. The largest absolute Gasteiger partial charge is 0.326 e. The predicted octanol–water partition coefficient (Wildman–Crippen LogP) is 2.81. The summed E-state index contributed by atoms with van der Waals surface area (Å²) in [7, 11) is 0. The molecule has 4 nitrogen and oxygen atoms in total. The molecule has 1 unspecified atom stereocenters. The van der Waals surface area contributed by atoms with Gasteiger partial charge in [0.1, 0.15) is 0 Å². The number of anilines is 1. The summed E-state index contributed by atoms with van der Waals surface area (Å²) in [6.07, 6.45) is 3.50. The number of hydrogen-bond acceptors (Lipinski definition) is 3. The highest BCUT2D eigenvalue weighted by atomic mass is 16.1. The van der Waals surface area contributed by atoms with Crippen molar-refractivity contribution in [2.45, 2.75) is 32.6 Å². The van der Waals surface area contributed by atoms with Crippen LogP contribution in [-0.2, 0) is 11.2 Å². The van der Waals surface area contributed by atoms with Crippen LogP contribution in [0.1, 0.15) is 31.7 Å². The molecule has 1 N–H and O–H groups in total. The van der Waals surface area contributed by atoms with E-state index < -0.39 is 0 Å². The summed E-state index contributed by atoms with van der Waals surface area (Å²) < 4.78 is 0. The van der Waals surface area contributed by atoms with Crippen molar-refractivity contribution < 1.29 is 4.79 Å². The van der Waals surface area contributed by atoms with E-state index in [0.717, 1.165) is 44.6 Å². The molecule has 0 radical (unpaired) electrons. The van der Waals surface area contributed by atoms with Crippen LogP contribution in [0.3, 0.4) is 0 Å². The molecular formula is C17H23N3O. The van der Waals surface area contributed by atoms with Gasteiger partial charge in [-0.05, 0) is 43.5 Å². The van der Waals surface area contributed by atoms with Crippen LogP contribution in [0.25, 0.3) is 0 Å². The van der Waals surface area contributed by atoms with Crippen molar-refractivity contribution >= 4 is 11.6 Å². The molecule has 0 spiro atoms. The molecule has 1 heterocycles. The minimum absolute atomic E-state index is 0.0308. The third-order valence-corrected chi connectivity index (χ3v) is 4.05. The maximum atomic E-state index is 12.3. The molecule has 0 aromatic heterocycles. The Labute approximate surface area is 126 Å². The molecule has 112 valence electrons. The second-order valence-electron chi connectivity index (χ2n) is 5.59. The van der Waals surface area contributed by atoms with E-state index in [1.807, 2.05) is 12.1 Å². The lowest BCUT2D eigenvalue weighted by Crippen LogP contribution is -2.41. The smallest absolute Gasteiger partial charge is 0.228 e. The first-order valence-electron chi connectivity index (χ1n) is 7.72. The average Bonchev–Trinajstić information content (AvgIpc) is 2.54. The summed E-state index contributed by atoms with van der Waals surface area (Å²) in [6.45, 7) is 4.65. The maximum absolute atomic E-state index is 12.3. The van der Waals surface area contributed by atoms with Gasteiger partial charge in [-0.2, -0.15) is 5.26 Å². The van der Waals surface area contributed by atoms with Crippen molar-refractivity contribution in [2.24, 2.45) is 5.92 Å². The number of amides is 1. The van der Waals surface area contributed by atoms with Crippen molar-refractivity contribution in [1.29, 1.82) is 5.26 Å². The molecule has 0 bridgehead atoms. The van der Waals surface area contributed by atoms with Gasteiger partial charge in [0.25, 0.3) is 0 Å². The molecule has 2 rings (SSSR count). The van der Waals surface area contributed by atoms with E-state index in [9.17, 15) is 4.79 Å². The quantitative estimate of drug-likeness (QED) is 0.905. The van der Waals surface area contributed by atoms with E-state index in [1.165, 1.54) is 5.56 Å². The van der Waals surface area contributed by atoms with Gasteiger partial charge in [0, 0.05) is 25.2 Å². The highest BCUT2D eigenvalue weighted by Gasteiger charge is 2.25. The molecule has 1 aliphatic rings. The Hall–Kier alpha value is -1.86. The highest BCUT2D eigenvalue weighted by Crippen LogP contribution is 2.19.